The molecule has 0 atom stereocenters. The van der Waals surface area contributed by atoms with Gasteiger partial charge in [-0.2, -0.15) is 0 Å². The molecule has 2 nitrogen and oxygen atoms in total. The molecule has 0 heterocycles. The Balaban J connectivity index is 1.58. The Hall–Kier alpha value is -0.340. The van der Waals surface area contributed by atoms with E-state index in [1.165, 1.54) is 51.4 Å². The van der Waals surface area contributed by atoms with Crippen molar-refractivity contribution < 1.29 is 9.47 Å². The molecule has 0 aromatic carbocycles. The topological polar surface area (TPSA) is 18.5 Å². The third-order valence-electron chi connectivity index (χ3n) is 5.82. The predicted molar refractivity (Wildman–Crippen MR) is 93.0 cm³/mol. The van der Waals surface area contributed by atoms with Gasteiger partial charge in [-0.15, -0.1) is 0 Å². The van der Waals surface area contributed by atoms with E-state index in [0.717, 1.165) is 49.9 Å². The molecule has 2 rings (SSSR count). The fourth-order valence-electron chi connectivity index (χ4n) is 4.43. The van der Waals surface area contributed by atoms with Crippen molar-refractivity contribution >= 4 is 0 Å². The molecule has 128 valence electrons. The lowest BCUT2D eigenvalue weighted by atomic mass is 9.69. The molecule has 0 radical (unpaired) electrons. The van der Waals surface area contributed by atoms with Crippen LogP contribution in [0.3, 0.4) is 0 Å². The lowest BCUT2D eigenvalue weighted by molar-refractivity contribution is 0.0685. The average molecular weight is 309 g/mol. The van der Waals surface area contributed by atoms with Crippen molar-refractivity contribution in [3.63, 3.8) is 0 Å². The average Bonchev–Trinajstić information content (AvgIpc) is 2.56. The Morgan fingerprint density at radius 3 is 1.82 bits per heavy atom. The monoisotopic (exact) mass is 308 g/mol. The van der Waals surface area contributed by atoms with Gasteiger partial charge in [0.25, 0.3) is 0 Å². The molecule has 0 aromatic heterocycles. The molecule has 0 aliphatic heterocycles. The second kappa shape index (κ2) is 10.4. The molecular formula is C20H36O2. The molecule has 0 bridgehead atoms. The summed E-state index contributed by atoms with van der Waals surface area (Å²) in [6.07, 6.45) is 16.8. The van der Waals surface area contributed by atoms with E-state index >= 15 is 0 Å². The minimum atomic E-state index is 0.803. The zero-order valence-electron chi connectivity index (χ0n) is 14.8. The lowest BCUT2D eigenvalue weighted by Crippen LogP contribution is -2.28. The first-order valence-corrected chi connectivity index (χ1v) is 9.55. The highest BCUT2D eigenvalue weighted by atomic mass is 16.5. The van der Waals surface area contributed by atoms with Gasteiger partial charge in [0.15, 0.2) is 0 Å². The SMILES string of the molecule is CCC=CCOCC1CCC(C2CCC(COC)CC2)CC1. The second-order valence-electron chi connectivity index (χ2n) is 7.43. The Morgan fingerprint density at radius 2 is 1.32 bits per heavy atom. The van der Waals surface area contributed by atoms with E-state index < -0.39 is 0 Å². The van der Waals surface area contributed by atoms with E-state index in [-0.39, 0.29) is 0 Å². The summed E-state index contributed by atoms with van der Waals surface area (Å²) in [7, 11) is 1.84. The highest BCUT2D eigenvalue weighted by molar-refractivity contribution is 4.83. The Labute approximate surface area is 137 Å². The van der Waals surface area contributed by atoms with Crippen molar-refractivity contribution in [1.82, 2.24) is 0 Å². The van der Waals surface area contributed by atoms with Crippen LogP contribution in [0.15, 0.2) is 12.2 Å². The van der Waals surface area contributed by atoms with Crippen LogP contribution in [0.5, 0.6) is 0 Å². The summed E-state index contributed by atoms with van der Waals surface area (Å²) in [5.74, 6) is 3.65. The van der Waals surface area contributed by atoms with Gasteiger partial charge in [0, 0.05) is 20.3 Å². The van der Waals surface area contributed by atoms with Gasteiger partial charge in [-0.05, 0) is 81.5 Å². The summed E-state index contributed by atoms with van der Waals surface area (Å²) in [6, 6.07) is 0. The minimum absolute atomic E-state index is 0.803. The molecule has 2 aliphatic rings. The van der Waals surface area contributed by atoms with Crippen molar-refractivity contribution in [3.05, 3.63) is 12.2 Å². The van der Waals surface area contributed by atoms with Gasteiger partial charge in [-0.25, -0.2) is 0 Å². The Kier molecular flexibility index (Phi) is 8.54. The van der Waals surface area contributed by atoms with Gasteiger partial charge in [-0.1, -0.05) is 19.1 Å². The summed E-state index contributed by atoms with van der Waals surface area (Å²) >= 11 is 0. The van der Waals surface area contributed by atoms with Gasteiger partial charge in [0.05, 0.1) is 6.61 Å². The van der Waals surface area contributed by atoms with E-state index in [0.29, 0.717) is 0 Å². The van der Waals surface area contributed by atoms with Gasteiger partial charge in [0.2, 0.25) is 0 Å². The standard InChI is InChI=1S/C20H36O2/c1-3-4-5-14-22-16-18-8-12-20(13-9-18)19-10-6-17(7-11-19)15-21-2/h4-5,17-20H,3,6-16H2,1-2H3. The number of ether oxygens (including phenoxy) is 2. The summed E-state index contributed by atoms with van der Waals surface area (Å²) < 4.78 is 11.1. The van der Waals surface area contributed by atoms with Crippen LogP contribution in [0.4, 0.5) is 0 Å². The number of hydrogen-bond donors (Lipinski definition) is 0. The fourth-order valence-corrected chi connectivity index (χ4v) is 4.43. The largest absolute Gasteiger partial charge is 0.384 e. The van der Waals surface area contributed by atoms with Crippen molar-refractivity contribution in [1.29, 1.82) is 0 Å². The van der Waals surface area contributed by atoms with Crippen LogP contribution in [0.25, 0.3) is 0 Å². The fraction of sp³-hybridized carbons (Fsp3) is 0.900. The maximum atomic E-state index is 5.80. The third-order valence-corrected chi connectivity index (χ3v) is 5.82. The molecule has 0 amide bonds. The molecule has 2 fully saturated rings. The minimum Gasteiger partial charge on any atom is -0.384 e. The summed E-state index contributed by atoms with van der Waals surface area (Å²) in [5, 5.41) is 0. The van der Waals surface area contributed by atoms with E-state index in [1.54, 1.807) is 0 Å². The number of allylic oxidation sites excluding steroid dienone is 1. The van der Waals surface area contributed by atoms with Gasteiger partial charge < -0.3 is 9.47 Å². The molecule has 2 heteroatoms. The number of rotatable bonds is 8. The maximum absolute atomic E-state index is 5.80. The number of hydrogen-bond acceptors (Lipinski definition) is 2. The zero-order valence-corrected chi connectivity index (χ0v) is 14.8. The second-order valence-corrected chi connectivity index (χ2v) is 7.43. The molecule has 0 aromatic rings. The van der Waals surface area contributed by atoms with Crippen LogP contribution in [0.2, 0.25) is 0 Å². The van der Waals surface area contributed by atoms with Gasteiger partial charge in [0.1, 0.15) is 0 Å². The van der Waals surface area contributed by atoms with Crippen LogP contribution in [-0.2, 0) is 9.47 Å². The molecular weight excluding hydrogens is 272 g/mol. The van der Waals surface area contributed by atoms with E-state index in [9.17, 15) is 0 Å². The highest BCUT2D eigenvalue weighted by Crippen LogP contribution is 2.41. The molecule has 0 saturated heterocycles. The summed E-state index contributed by atoms with van der Waals surface area (Å²) in [6.45, 7) is 4.92. The normalized spacial score (nSPS) is 33.4. The lowest BCUT2D eigenvalue weighted by Gasteiger charge is -2.37. The first-order chi connectivity index (χ1) is 10.8. The predicted octanol–water partition coefficient (Wildman–Crippen LogP) is 5.23. The molecule has 0 N–H and O–H groups in total. The van der Waals surface area contributed by atoms with Crippen LogP contribution in [-0.4, -0.2) is 26.9 Å². The van der Waals surface area contributed by atoms with E-state index in [4.69, 9.17) is 9.47 Å². The van der Waals surface area contributed by atoms with Crippen molar-refractivity contribution in [2.45, 2.75) is 64.7 Å². The van der Waals surface area contributed by atoms with E-state index in [2.05, 4.69) is 19.1 Å². The molecule has 2 aliphatic carbocycles. The Bertz CT molecular complexity index is 297. The van der Waals surface area contributed by atoms with Crippen molar-refractivity contribution in [3.8, 4) is 0 Å². The molecule has 22 heavy (non-hydrogen) atoms. The molecule has 0 unspecified atom stereocenters. The first kappa shape index (κ1) is 18.0. The Morgan fingerprint density at radius 1 is 0.773 bits per heavy atom. The summed E-state index contributed by atoms with van der Waals surface area (Å²) in [4.78, 5) is 0. The van der Waals surface area contributed by atoms with Gasteiger partial charge >= 0.3 is 0 Å². The molecule has 2 saturated carbocycles. The van der Waals surface area contributed by atoms with Crippen LogP contribution in [0, 0.1) is 23.7 Å². The highest BCUT2D eigenvalue weighted by Gasteiger charge is 2.30. The van der Waals surface area contributed by atoms with Crippen LogP contribution < -0.4 is 0 Å². The van der Waals surface area contributed by atoms with Crippen molar-refractivity contribution in [2.75, 3.05) is 26.9 Å². The van der Waals surface area contributed by atoms with Gasteiger partial charge in [-0.3, -0.25) is 0 Å². The quantitative estimate of drug-likeness (QED) is 0.451. The van der Waals surface area contributed by atoms with Crippen molar-refractivity contribution in [2.24, 2.45) is 23.7 Å². The maximum Gasteiger partial charge on any atom is 0.0647 e. The van der Waals surface area contributed by atoms with E-state index in [1.807, 2.05) is 7.11 Å². The summed E-state index contributed by atoms with van der Waals surface area (Å²) in [5.41, 5.74) is 0. The zero-order chi connectivity index (χ0) is 15.6. The first-order valence-electron chi connectivity index (χ1n) is 9.55. The van der Waals surface area contributed by atoms with Crippen LogP contribution >= 0.6 is 0 Å². The molecule has 0 spiro atoms. The van der Waals surface area contributed by atoms with Crippen LogP contribution in [0.1, 0.15) is 64.7 Å². The third kappa shape index (κ3) is 6.04. The smallest absolute Gasteiger partial charge is 0.0647 e. The number of methoxy groups -OCH3 is 1.